The van der Waals surface area contributed by atoms with Crippen LogP contribution in [0.25, 0.3) is 0 Å². The van der Waals surface area contributed by atoms with Crippen molar-refractivity contribution in [2.45, 2.75) is 19.3 Å². The summed E-state index contributed by atoms with van der Waals surface area (Å²) in [7, 11) is 0. The zero-order chi connectivity index (χ0) is 6.91. The van der Waals surface area contributed by atoms with Crippen molar-refractivity contribution in [3.63, 3.8) is 0 Å². The summed E-state index contributed by atoms with van der Waals surface area (Å²) in [5.41, 5.74) is 0. The number of allylic oxidation sites excluding steroid dienone is 2. The van der Waals surface area contributed by atoms with Crippen molar-refractivity contribution < 1.29 is 0 Å². The Kier molecular flexibility index (Phi) is 2.49. The summed E-state index contributed by atoms with van der Waals surface area (Å²) in [5, 5.41) is 1.09. The lowest BCUT2D eigenvalue weighted by atomic mass is 10.4. The van der Waals surface area contributed by atoms with Crippen LogP contribution in [0.4, 0.5) is 0 Å². The molecule has 0 aliphatic heterocycles. The Hall–Kier alpha value is 0.827. The molecule has 9 heavy (non-hydrogen) atoms. The standard InChI is InChI=1S/C5H7Cl3Si/c6-9(7,8)5-3-1-2-4-5/h3H,1-2,4H2. The minimum atomic E-state index is -2.45. The molecule has 0 heterocycles. The highest BCUT2D eigenvalue weighted by Crippen LogP contribution is 2.35. The highest BCUT2D eigenvalue weighted by Gasteiger charge is 2.31. The van der Waals surface area contributed by atoms with Crippen molar-refractivity contribution in [2.24, 2.45) is 0 Å². The van der Waals surface area contributed by atoms with Gasteiger partial charge in [0.15, 0.2) is 0 Å². The number of hydrogen-bond donors (Lipinski definition) is 0. The molecule has 0 aromatic rings. The van der Waals surface area contributed by atoms with Crippen LogP contribution >= 0.6 is 33.2 Å². The van der Waals surface area contributed by atoms with Gasteiger partial charge in [-0.15, -0.1) is 33.2 Å². The van der Waals surface area contributed by atoms with E-state index in [1.54, 1.807) is 0 Å². The van der Waals surface area contributed by atoms with E-state index in [4.69, 9.17) is 33.2 Å². The van der Waals surface area contributed by atoms with Gasteiger partial charge in [0.05, 0.1) is 0 Å². The molecule has 0 unspecified atom stereocenters. The molecule has 52 valence electrons. The second-order valence-corrected chi connectivity index (χ2v) is 10.6. The molecule has 0 aromatic heterocycles. The predicted octanol–water partition coefficient (Wildman–Crippen LogP) is 3.29. The molecule has 0 bridgehead atoms. The van der Waals surface area contributed by atoms with Crippen LogP contribution in [-0.4, -0.2) is 6.00 Å². The predicted molar refractivity (Wildman–Crippen MR) is 45.2 cm³/mol. The van der Waals surface area contributed by atoms with Crippen LogP contribution in [-0.2, 0) is 0 Å². The summed E-state index contributed by atoms with van der Waals surface area (Å²) in [6.07, 6.45) is 5.33. The Morgan fingerprint density at radius 1 is 1.33 bits per heavy atom. The zero-order valence-electron chi connectivity index (χ0n) is 4.83. The smallest absolute Gasteiger partial charge is 0.121 e. The SMILES string of the molecule is Cl[Si](Cl)(Cl)C1=CCCC1. The van der Waals surface area contributed by atoms with E-state index in [1.165, 1.54) is 0 Å². The van der Waals surface area contributed by atoms with Gasteiger partial charge in [0, 0.05) is 0 Å². The molecule has 0 fully saturated rings. The molecular formula is C5H7Cl3Si. The average molecular weight is 202 g/mol. The molecule has 1 aliphatic rings. The molecule has 0 nitrogen and oxygen atoms in total. The van der Waals surface area contributed by atoms with Gasteiger partial charge in [-0.1, -0.05) is 6.08 Å². The highest BCUT2D eigenvalue weighted by molar-refractivity contribution is 7.67. The lowest BCUT2D eigenvalue weighted by molar-refractivity contribution is 0.923. The fraction of sp³-hybridized carbons (Fsp3) is 0.600. The van der Waals surface area contributed by atoms with Crippen LogP contribution in [0.1, 0.15) is 19.3 Å². The first-order valence-corrected chi connectivity index (χ1v) is 7.90. The van der Waals surface area contributed by atoms with Crippen molar-refractivity contribution in [3.8, 4) is 0 Å². The van der Waals surface area contributed by atoms with Crippen LogP contribution in [0, 0.1) is 0 Å². The van der Waals surface area contributed by atoms with E-state index >= 15 is 0 Å². The minimum absolute atomic E-state index is 1.00. The molecule has 0 amide bonds. The van der Waals surface area contributed by atoms with Gasteiger partial charge in [0.1, 0.15) is 0 Å². The normalized spacial score (nSPS) is 20.1. The fourth-order valence-corrected chi connectivity index (χ4v) is 3.31. The average Bonchev–Trinajstić information content (AvgIpc) is 2.08. The Morgan fingerprint density at radius 3 is 2.22 bits per heavy atom. The fourth-order valence-electron chi connectivity index (χ4n) is 0.928. The second kappa shape index (κ2) is 2.83. The first kappa shape index (κ1) is 7.93. The van der Waals surface area contributed by atoms with Gasteiger partial charge < -0.3 is 0 Å². The Morgan fingerprint density at radius 2 is 2.00 bits per heavy atom. The third-order valence-electron chi connectivity index (χ3n) is 1.41. The van der Waals surface area contributed by atoms with E-state index in [1.807, 2.05) is 0 Å². The molecule has 4 heteroatoms. The molecule has 0 radical (unpaired) electrons. The molecule has 0 aromatic carbocycles. The van der Waals surface area contributed by atoms with Gasteiger partial charge in [-0.25, -0.2) is 0 Å². The van der Waals surface area contributed by atoms with Gasteiger partial charge >= 0.3 is 6.00 Å². The van der Waals surface area contributed by atoms with Gasteiger partial charge in [0.2, 0.25) is 0 Å². The topological polar surface area (TPSA) is 0 Å². The molecule has 0 saturated heterocycles. The van der Waals surface area contributed by atoms with Crippen LogP contribution in [0.15, 0.2) is 11.3 Å². The quantitative estimate of drug-likeness (QED) is 0.451. The molecule has 0 spiro atoms. The molecule has 0 atom stereocenters. The summed E-state index contributed by atoms with van der Waals surface area (Å²) >= 11 is 17.2. The minimum Gasteiger partial charge on any atom is -0.121 e. The van der Waals surface area contributed by atoms with Crippen LogP contribution < -0.4 is 0 Å². The highest BCUT2D eigenvalue weighted by atomic mass is 35.8. The Balaban J connectivity index is 2.61. The van der Waals surface area contributed by atoms with E-state index in [0.717, 1.165) is 24.5 Å². The summed E-state index contributed by atoms with van der Waals surface area (Å²) < 4.78 is 0. The van der Waals surface area contributed by atoms with Crippen molar-refractivity contribution >= 4 is 39.2 Å². The van der Waals surface area contributed by atoms with E-state index in [0.29, 0.717) is 0 Å². The maximum Gasteiger partial charge on any atom is 0.368 e. The molecule has 0 saturated carbocycles. The van der Waals surface area contributed by atoms with Crippen LogP contribution in [0.3, 0.4) is 0 Å². The van der Waals surface area contributed by atoms with Crippen molar-refractivity contribution in [3.05, 3.63) is 11.3 Å². The van der Waals surface area contributed by atoms with E-state index in [-0.39, 0.29) is 0 Å². The summed E-state index contributed by atoms with van der Waals surface area (Å²) in [6, 6.07) is -2.45. The third-order valence-corrected chi connectivity index (χ3v) is 4.77. The van der Waals surface area contributed by atoms with Crippen molar-refractivity contribution in [1.82, 2.24) is 0 Å². The van der Waals surface area contributed by atoms with Gasteiger partial charge in [-0.05, 0) is 24.5 Å². The first-order chi connectivity index (χ1) is 4.11. The van der Waals surface area contributed by atoms with Crippen LogP contribution in [0.5, 0.6) is 0 Å². The maximum absolute atomic E-state index is 5.74. The van der Waals surface area contributed by atoms with E-state index in [9.17, 15) is 0 Å². The van der Waals surface area contributed by atoms with Crippen LogP contribution in [0.2, 0.25) is 0 Å². The molecular weight excluding hydrogens is 194 g/mol. The lowest BCUT2D eigenvalue weighted by Crippen LogP contribution is -2.12. The monoisotopic (exact) mass is 200 g/mol. The number of rotatable bonds is 1. The molecule has 1 aliphatic carbocycles. The third kappa shape index (κ3) is 2.15. The van der Waals surface area contributed by atoms with Crippen molar-refractivity contribution in [1.29, 1.82) is 0 Å². The Labute approximate surface area is 69.9 Å². The Bertz CT molecular complexity index is 136. The van der Waals surface area contributed by atoms with Gasteiger partial charge in [0.25, 0.3) is 0 Å². The summed E-state index contributed by atoms with van der Waals surface area (Å²) in [5.74, 6) is 0. The summed E-state index contributed by atoms with van der Waals surface area (Å²) in [4.78, 5) is 0. The number of hydrogen-bond acceptors (Lipinski definition) is 0. The van der Waals surface area contributed by atoms with Crippen molar-refractivity contribution in [2.75, 3.05) is 0 Å². The molecule has 0 N–H and O–H groups in total. The second-order valence-electron chi connectivity index (χ2n) is 2.12. The van der Waals surface area contributed by atoms with Gasteiger partial charge in [-0.2, -0.15) is 0 Å². The van der Waals surface area contributed by atoms with E-state index < -0.39 is 6.00 Å². The van der Waals surface area contributed by atoms with Gasteiger partial charge in [-0.3, -0.25) is 0 Å². The zero-order valence-corrected chi connectivity index (χ0v) is 8.10. The largest absolute Gasteiger partial charge is 0.368 e. The lowest BCUT2D eigenvalue weighted by Gasteiger charge is -2.06. The first-order valence-electron chi connectivity index (χ1n) is 2.87. The maximum atomic E-state index is 5.74. The summed E-state index contributed by atoms with van der Waals surface area (Å²) in [6.45, 7) is 0. The molecule has 1 rings (SSSR count). The number of halogens is 3. The van der Waals surface area contributed by atoms with E-state index in [2.05, 4.69) is 6.08 Å².